The molecule has 0 unspecified atom stereocenters. The molecule has 4 heteroatoms. The van der Waals surface area contributed by atoms with E-state index in [-0.39, 0.29) is 5.78 Å². The van der Waals surface area contributed by atoms with Gasteiger partial charge in [-0.2, -0.15) is 0 Å². The van der Waals surface area contributed by atoms with Crippen LogP contribution in [0.4, 0.5) is 0 Å². The van der Waals surface area contributed by atoms with Crippen molar-refractivity contribution in [3.63, 3.8) is 0 Å². The molecule has 2 aromatic heterocycles. The number of ether oxygens (including phenoxy) is 1. The Hall–Kier alpha value is -2.62. The highest BCUT2D eigenvalue weighted by molar-refractivity contribution is 5.96. The largest absolute Gasteiger partial charge is 0.486 e. The SMILES string of the molecule is CC(=O)c1ccccc1OCc1cn2cc(C)ccc2n1. The first kappa shape index (κ1) is 13.4. The van der Waals surface area contributed by atoms with Crippen molar-refractivity contribution < 1.29 is 9.53 Å². The van der Waals surface area contributed by atoms with Gasteiger partial charge in [-0.1, -0.05) is 18.2 Å². The Morgan fingerprint density at radius 1 is 1.19 bits per heavy atom. The lowest BCUT2D eigenvalue weighted by atomic mass is 10.1. The Bertz CT molecular complexity index is 805. The van der Waals surface area contributed by atoms with Gasteiger partial charge in [-0.15, -0.1) is 0 Å². The molecule has 0 atom stereocenters. The van der Waals surface area contributed by atoms with Gasteiger partial charge in [-0.05, 0) is 37.6 Å². The third kappa shape index (κ3) is 2.79. The fourth-order valence-electron chi connectivity index (χ4n) is 2.26. The van der Waals surface area contributed by atoms with Crippen LogP contribution in [0.3, 0.4) is 0 Å². The van der Waals surface area contributed by atoms with Crippen LogP contribution < -0.4 is 4.74 Å². The lowest BCUT2D eigenvalue weighted by Crippen LogP contribution is -2.01. The number of pyridine rings is 1. The Balaban J connectivity index is 1.82. The molecular formula is C17H16N2O2. The lowest BCUT2D eigenvalue weighted by molar-refractivity contribution is 0.101. The van der Waals surface area contributed by atoms with Crippen LogP contribution in [0.15, 0.2) is 48.8 Å². The summed E-state index contributed by atoms with van der Waals surface area (Å²) in [5.74, 6) is 0.592. The summed E-state index contributed by atoms with van der Waals surface area (Å²) < 4.78 is 7.72. The normalized spacial score (nSPS) is 10.8. The van der Waals surface area contributed by atoms with E-state index in [1.165, 1.54) is 12.5 Å². The molecule has 2 heterocycles. The molecule has 0 N–H and O–H groups in total. The van der Waals surface area contributed by atoms with Crippen LogP contribution in [0.25, 0.3) is 5.65 Å². The first-order valence-electron chi connectivity index (χ1n) is 6.80. The average molecular weight is 280 g/mol. The highest BCUT2D eigenvalue weighted by Crippen LogP contribution is 2.19. The van der Waals surface area contributed by atoms with Gasteiger partial charge in [0.15, 0.2) is 5.78 Å². The number of aromatic nitrogens is 2. The second-order valence-corrected chi connectivity index (χ2v) is 5.05. The minimum Gasteiger partial charge on any atom is -0.486 e. The quantitative estimate of drug-likeness (QED) is 0.688. The number of nitrogens with zero attached hydrogens (tertiary/aromatic N) is 2. The van der Waals surface area contributed by atoms with Gasteiger partial charge in [0.05, 0.1) is 11.3 Å². The summed E-state index contributed by atoms with van der Waals surface area (Å²) in [6.07, 6.45) is 3.97. The number of hydrogen-bond acceptors (Lipinski definition) is 3. The summed E-state index contributed by atoms with van der Waals surface area (Å²) >= 11 is 0. The maximum absolute atomic E-state index is 11.6. The number of Topliss-reactive ketones (excluding diaryl/α,β-unsaturated/α-hetero) is 1. The number of hydrogen-bond donors (Lipinski definition) is 0. The van der Waals surface area contributed by atoms with E-state index < -0.39 is 0 Å². The first-order valence-corrected chi connectivity index (χ1v) is 6.80. The van der Waals surface area contributed by atoms with Crippen molar-refractivity contribution in [2.24, 2.45) is 0 Å². The second kappa shape index (κ2) is 5.40. The molecular weight excluding hydrogens is 264 g/mol. The molecule has 0 amide bonds. The fourth-order valence-corrected chi connectivity index (χ4v) is 2.26. The van der Waals surface area contributed by atoms with Gasteiger partial charge in [0.2, 0.25) is 0 Å². The molecule has 0 aliphatic rings. The zero-order valence-corrected chi connectivity index (χ0v) is 12.0. The summed E-state index contributed by atoms with van der Waals surface area (Å²) in [6.45, 7) is 3.92. The topological polar surface area (TPSA) is 43.6 Å². The van der Waals surface area contributed by atoms with Crippen LogP contribution in [0, 0.1) is 6.92 Å². The van der Waals surface area contributed by atoms with Gasteiger partial charge in [0.25, 0.3) is 0 Å². The molecule has 0 radical (unpaired) electrons. The molecule has 0 spiro atoms. The van der Waals surface area contributed by atoms with Gasteiger partial charge in [-0.3, -0.25) is 4.79 Å². The minimum atomic E-state index is -0.00349. The van der Waals surface area contributed by atoms with Gasteiger partial charge in [0.1, 0.15) is 18.0 Å². The van der Waals surface area contributed by atoms with E-state index in [2.05, 4.69) is 4.98 Å². The summed E-state index contributed by atoms with van der Waals surface area (Å²) in [7, 11) is 0. The Kier molecular flexibility index (Phi) is 3.44. The number of para-hydroxylation sites is 1. The number of imidazole rings is 1. The zero-order chi connectivity index (χ0) is 14.8. The van der Waals surface area contributed by atoms with Crippen LogP contribution in [-0.2, 0) is 6.61 Å². The van der Waals surface area contributed by atoms with Crippen LogP contribution in [0.2, 0.25) is 0 Å². The van der Waals surface area contributed by atoms with Crippen molar-refractivity contribution in [2.75, 3.05) is 0 Å². The van der Waals surface area contributed by atoms with Crippen molar-refractivity contribution in [3.8, 4) is 5.75 Å². The van der Waals surface area contributed by atoms with E-state index >= 15 is 0 Å². The molecule has 3 rings (SSSR count). The third-order valence-electron chi connectivity index (χ3n) is 3.29. The average Bonchev–Trinajstić information content (AvgIpc) is 2.87. The third-order valence-corrected chi connectivity index (χ3v) is 3.29. The zero-order valence-electron chi connectivity index (χ0n) is 12.0. The summed E-state index contributed by atoms with van der Waals surface area (Å²) in [6, 6.07) is 11.3. The minimum absolute atomic E-state index is 0.00349. The number of carbonyl (C=O) groups excluding carboxylic acids is 1. The lowest BCUT2D eigenvalue weighted by Gasteiger charge is -2.07. The number of rotatable bonds is 4. The van der Waals surface area contributed by atoms with Crippen LogP contribution in [-0.4, -0.2) is 15.2 Å². The molecule has 4 nitrogen and oxygen atoms in total. The summed E-state index contributed by atoms with van der Waals surface area (Å²) in [5.41, 5.74) is 3.49. The highest BCUT2D eigenvalue weighted by atomic mass is 16.5. The highest BCUT2D eigenvalue weighted by Gasteiger charge is 2.08. The van der Waals surface area contributed by atoms with Crippen molar-refractivity contribution in [1.29, 1.82) is 0 Å². The molecule has 1 aromatic carbocycles. The van der Waals surface area contributed by atoms with E-state index in [9.17, 15) is 4.79 Å². The molecule has 106 valence electrons. The number of carbonyl (C=O) groups is 1. The molecule has 0 aliphatic heterocycles. The monoisotopic (exact) mass is 280 g/mol. The molecule has 0 aliphatic carbocycles. The molecule has 0 bridgehead atoms. The number of fused-ring (bicyclic) bond motifs is 1. The number of benzene rings is 1. The molecule has 21 heavy (non-hydrogen) atoms. The van der Waals surface area contributed by atoms with Gasteiger partial charge in [0, 0.05) is 12.4 Å². The van der Waals surface area contributed by atoms with Crippen molar-refractivity contribution in [2.45, 2.75) is 20.5 Å². The smallest absolute Gasteiger partial charge is 0.163 e. The van der Waals surface area contributed by atoms with E-state index in [0.717, 1.165) is 11.3 Å². The second-order valence-electron chi connectivity index (χ2n) is 5.05. The molecule has 0 saturated heterocycles. The number of aryl methyl sites for hydroxylation is 1. The van der Waals surface area contributed by atoms with Crippen molar-refractivity contribution >= 4 is 11.4 Å². The Morgan fingerprint density at radius 2 is 2.00 bits per heavy atom. The Labute approximate surface area is 123 Å². The Morgan fingerprint density at radius 3 is 2.81 bits per heavy atom. The van der Waals surface area contributed by atoms with E-state index in [1.807, 2.05) is 48.0 Å². The van der Waals surface area contributed by atoms with Crippen LogP contribution in [0.5, 0.6) is 5.75 Å². The van der Waals surface area contributed by atoms with Gasteiger partial charge < -0.3 is 9.14 Å². The first-order chi connectivity index (χ1) is 10.1. The van der Waals surface area contributed by atoms with E-state index in [4.69, 9.17) is 4.74 Å². The van der Waals surface area contributed by atoms with Gasteiger partial charge >= 0.3 is 0 Å². The van der Waals surface area contributed by atoms with E-state index in [1.54, 1.807) is 12.1 Å². The van der Waals surface area contributed by atoms with E-state index in [0.29, 0.717) is 17.9 Å². The summed E-state index contributed by atoms with van der Waals surface area (Å²) in [5, 5.41) is 0. The van der Waals surface area contributed by atoms with Crippen molar-refractivity contribution in [3.05, 3.63) is 65.6 Å². The molecule has 3 aromatic rings. The van der Waals surface area contributed by atoms with Crippen LogP contribution in [0.1, 0.15) is 28.5 Å². The predicted molar refractivity (Wildman–Crippen MR) is 80.7 cm³/mol. The van der Waals surface area contributed by atoms with Crippen LogP contribution >= 0.6 is 0 Å². The number of ketones is 1. The summed E-state index contributed by atoms with van der Waals surface area (Å²) in [4.78, 5) is 16.1. The maximum Gasteiger partial charge on any atom is 0.163 e. The fraction of sp³-hybridized carbons (Fsp3) is 0.176. The molecule has 0 saturated carbocycles. The standard InChI is InChI=1S/C17H16N2O2/c1-12-7-8-17-18-14(10-19(17)9-12)11-21-16-6-4-3-5-15(16)13(2)20/h3-10H,11H2,1-2H3. The molecule has 0 fully saturated rings. The maximum atomic E-state index is 11.6. The van der Waals surface area contributed by atoms with Crippen molar-refractivity contribution in [1.82, 2.24) is 9.38 Å². The predicted octanol–water partition coefficient (Wildman–Crippen LogP) is 3.42. The van der Waals surface area contributed by atoms with Gasteiger partial charge in [-0.25, -0.2) is 4.98 Å².